The van der Waals surface area contributed by atoms with Gasteiger partial charge in [0.1, 0.15) is 16.4 Å². The number of aromatic nitrogens is 2. The summed E-state index contributed by atoms with van der Waals surface area (Å²) in [5.41, 5.74) is 5.65. The molecular formula is C16H10Cl5N5OS. The Morgan fingerprint density at radius 1 is 1.04 bits per heavy atom. The molecule has 6 nitrogen and oxygen atoms in total. The number of halogens is 5. The molecule has 146 valence electrons. The minimum Gasteiger partial charge on any atom is -0.378 e. The standard InChI is InChI=1S/C16H10Cl5N5OS/c17-6-1-2-11(8(19)3-6)24-14-13(28-16(22)23)15(27)26(25-14)12-9(20)4-7(18)5-10(12)21/h1-5,24-25H,(H3,22,23). The molecule has 3 rings (SSSR count). The number of hydrogen-bond donors (Lipinski definition) is 4. The third-order valence-corrected chi connectivity index (χ3v) is 5.60. The minimum atomic E-state index is -0.515. The monoisotopic (exact) mass is 495 g/mol. The number of benzene rings is 2. The van der Waals surface area contributed by atoms with Crippen LogP contribution in [0.3, 0.4) is 0 Å². The van der Waals surface area contributed by atoms with Crippen molar-refractivity contribution < 1.29 is 0 Å². The summed E-state index contributed by atoms with van der Waals surface area (Å²) in [4.78, 5) is 13.1. The lowest BCUT2D eigenvalue weighted by Crippen LogP contribution is -2.17. The summed E-state index contributed by atoms with van der Waals surface area (Å²) in [7, 11) is 0. The molecule has 0 amide bonds. The summed E-state index contributed by atoms with van der Waals surface area (Å²) in [6.07, 6.45) is 0. The Kier molecular flexibility index (Phi) is 6.44. The Morgan fingerprint density at radius 3 is 2.21 bits per heavy atom. The van der Waals surface area contributed by atoms with Crippen LogP contribution in [0, 0.1) is 5.41 Å². The first-order chi connectivity index (χ1) is 13.2. The van der Waals surface area contributed by atoms with Crippen molar-refractivity contribution in [2.75, 3.05) is 5.32 Å². The smallest absolute Gasteiger partial charge is 0.287 e. The highest BCUT2D eigenvalue weighted by Crippen LogP contribution is 2.34. The lowest BCUT2D eigenvalue weighted by molar-refractivity contribution is 0.849. The van der Waals surface area contributed by atoms with Crippen molar-refractivity contribution in [1.29, 1.82) is 5.41 Å². The predicted octanol–water partition coefficient (Wildman–Crippen LogP) is 6.16. The van der Waals surface area contributed by atoms with Crippen molar-refractivity contribution >= 4 is 86.4 Å². The molecule has 0 unspecified atom stereocenters. The highest BCUT2D eigenvalue weighted by molar-refractivity contribution is 8.13. The van der Waals surface area contributed by atoms with Crippen molar-refractivity contribution in [3.63, 3.8) is 0 Å². The third kappa shape index (κ3) is 4.40. The van der Waals surface area contributed by atoms with Gasteiger partial charge in [-0.15, -0.1) is 0 Å². The average Bonchev–Trinajstić information content (AvgIpc) is 2.85. The number of hydrogen-bond acceptors (Lipinski definition) is 4. The molecule has 0 bridgehead atoms. The molecule has 2 aromatic carbocycles. The van der Waals surface area contributed by atoms with Gasteiger partial charge in [-0.05, 0) is 42.1 Å². The number of amidine groups is 1. The van der Waals surface area contributed by atoms with Gasteiger partial charge < -0.3 is 11.1 Å². The van der Waals surface area contributed by atoms with E-state index in [1.54, 1.807) is 18.2 Å². The van der Waals surface area contributed by atoms with Crippen molar-refractivity contribution in [2.45, 2.75) is 4.90 Å². The predicted molar refractivity (Wildman–Crippen MR) is 119 cm³/mol. The highest BCUT2D eigenvalue weighted by atomic mass is 35.5. The van der Waals surface area contributed by atoms with Gasteiger partial charge in [0.2, 0.25) is 0 Å². The van der Waals surface area contributed by atoms with E-state index >= 15 is 0 Å². The molecule has 5 N–H and O–H groups in total. The number of nitrogens with one attached hydrogen (secondary N) is 3. The van der Waals surface area contributed by atoms with Crippen LogP contribution in [0.1, 0.15) is 0 Å². The van der Waals surface area contributed by atoms with Gasteiger partial charge in [0.25, 0.3) is 5.56 Å². The first-order valence-corrected chi connectivity index (χ1v) is 10.1. The fraction of sp³-hybridized carbons (Fsp3) is 0. The van der Waals surface area contributed by atoms with E-state index in [1.165, 1.54) is 12.1 Å². The number of nitrogens with zero attached hydrogens (tertiary/aromatic N) is 1. The second-order valence-corrected chi connectivity index (χ2v) is 8.54. The lowest BCUT2D eigenvalue weighted by Gasteiger charge is -2.09. The molecule has 12 heteroatoms. The molecule has 0 saturated carbocycles. The molecule has 0 saturated heterocycles. The Hall–Kier alpha value is -1.48. The van der Waals surface area contributed by atoms with Crippen molar-refractivity contribution in [1.82, 2.24) is 9.78 Å². The van der Waals surface area contributed by atoms with E-state index in [2.05, 4.69) is 10.4 Å². The molecule has 0 aliphatic heterocycles. The normalized spacial score (nSPS) is 10.9. The summed E-state index contributed by atoms with van der Waals surface area (Å²) in [5.74, 6) is 0.247. The summed E-state index contributed by atoms with van der Waals surface area (Å²) < 4.78 is 1.14. The summed E-state index contributed by atoms with van der Waals surface area (Å²) in [6, 6.07) is 7.74. The molecule has 0 fully saturated rings. The average molecular weight is 498 g/mol. The molecule has 0 aliphatic carbocycles. The molecular weight excluding hydrogens is 488 g/mol. The van der Waals surface area contributed by atoms with E-state index < -0.39 is 5.56 Å². The molecule has 0 aliphatic rings. The zero-order valence-corrected chi connectivity index (χ0v) is 18.2. The molecule has 1 aromatic heterocycles. The highest BCUT2D eigenvalue weighted by Gasteiger charge is 2.21. The van der Waals surface area contributed by atoms with Gasteiger partial charge in [-0.3, -0.25) is 15.3 Å². The van der Waals surface area contributed by atoms with Crippen molar-refractivity contribution in [2.24, 2.45) is 5.73 Å². The van der Waals surface area contributed by atoms with Gasteiger partial charge in [0, 0.05) is 10.0 Å². The number of H-pyrrole nitrogens is 1. The number of rotatable bonds is 4. The van der Waals surface area contributed by atoms with E-state index in [9.17, 15) is 4.79 Å². The van der Waals surface area contributed by atoms with E-state index in [0.717, 1.165) is 16.4 Å². The maximum absolute atomic E-state index is 13.0. The maximum Gasteiger partial charge on any atom is 0.287 e. The van der Waals surface area contributed by atoms with Gasteiger partial charge in [0.15, 0.2) is 5.17 Å². The lowest BCUT2D eigenvalue weighted by atomic mass is 10.3. The first-order valence-electron chi connectivity index (χ1n) is 7.41. The Balaban J connectivity index is 2.17. The zero-order valence-electron chi connectivity index (χ0n) is 13.6. The maximum atomic E-state index is 13.0. The van der Waals surface area contributed by atoms with E-state index in [0.29, 0.717) is 20.8 Å². The number of anilines is 2. The van der Waals surface area contributed by atoms with E-state index in [4.69, 9.17) is 69.1 Å². The third-order valence-electron chi connectivity index (χ3n) is 3.46. The van der Waals surface area contributed by atoms with Crippen LogP contribution in [0.15, 0.2) is 40.0 Å². The van der Waals surface area contributed by atoms with Gasteiger partial charge in [-0.25, -0.2) is 4.68 Å². The largest absolute Gasteiger partial charge is 0.378 e. The molecule has 3 aromatic rings. The molecule has 0 spiro atoms. The van der Waals surface area contributed by atoms with Crippen LogP contribution in [-0.4, -0.2) is 14.9 Å². The zero-order chi connectivity index (χ0) is 20.6. The van der Waals surface area contributed by atoms with Crippen LogP contribution in [0.4, 0.5) is 11.5 Å². The second-order valence-electron chi connectivity index (χ2n) is 5.39. The molecule has 1 heterocycles. The van der Waals surface area contributed by atoms with E-state index in [-0.39, 0.29) is 31.6 Å². The quantitative estimate of drug-likeness (QED) is 0.197. The van der Waals surface area contributed by atoms with Crippen LogP contribution >= 0.6 is 69.8 Å². The van der Waals surface area contributed by atoms with Crippen LogP contribution in [0.2, 0.25) is 25.1 Å². The Labute approximate surface area is 188 Å². The summed E-state index contributed by atoms with van der Waals surface area (Å²) in [6.45, 7) is 0. The molecule has 0 radical (unpaired) electrons. The van der Waals surface area contributed by atoms with Crippen LogP contribution in [-0.2, 0) is 0 Å². The SMILES string of the molecule is N=C(N)Sc1c(Nc2ccc(Cl)cc2Cl)[nH]n(-c2c(Cl)cc(Cl)cc2Cl)c1=O. The van der Waals surface area contributed by atoms with Crippen molar-refractivity contribution in [3.05, 3.63) is 65.8 Å². The topological polar surface area (TPSA) is 99.7 Å². The van der Waals surface area contributed by atoms with Gasteiger partial charge >= 0.3 is 0 Å². The molecule has 0 atom stereocenters. The minimum absolute atomic E-state index is 0.126. The van der Waals surface area contributed by atoms with Crippen molar-refractivity contribution in [3.8, 4) is 5.69 Å². The second kappa shape index (κ2) is 8.49. The van der Waals surface area contributed by atoms with Crippen LogP contribution in [0.5, 0.6) is 0 Å². The fourth-order valence-electron chi connectivity index (χ4n) is 2.34. The number of aromatic amines is 1. The van der Waals surface area contributed by atoms with Crippen LogP contribution in [0.25, 0.3) is 5.69 Å². The fourth-order valence-corrected chi connectivity index (χ4v) is 4.38. The van der Waals surface area contributed by atoms with Gasteiger partial charge in [0.05, 0.1) is 20.8 Å². The Morgan fingerprint density at radius 2 is 1.64 bits per heavy atom. The number of thioether (sulfide) groups is 1. The van der Waals surface area contributed by atoms with Gasteiger partial charge in [-0.1, -0.05) is 58.0 Å². The summed E-state index contributed by atoms with van der Waals surface area (Å²) >= 11 is 31.3. The Bertz CT molecular complexity index is 1120. The summed E-state index contributed by atoms with van der Waals surface area (Å²) in [5, 5.41) is 14.6. The molecule has 28 heavy (non-hydrogen) atoms. The van der Waals surface area contributed by atoms with Gasteiger partial charge in [-0.2, -0.15) is 0 Å². The van der Waals surface area contributed by atoms with E-state index in [1.807, 2.05) is 0 Å². The van der Waals surface area contributed by atoms with Crippen LogP contribution < -0.4 is 16.6 Å². The first kappa shape index (κ1) is 21.2. The number of nitrogens with two attached hydrogens (primary N) is 1.